The fourth-order valence-electron chi connectivity index (χ4n) is 2.02. The van der Waals surface area contributed by atoms with Crippen LogP contribution in [0.25, 0.3) is 0 Å². The average Bonchev–Trinajstić information content (AvgIpc) is 2.94. The van der Waals surface area contributed by atoms with Crippen molar-refractivity contribution >= 4 is 40.3 Å². The number of halogens is 1. The summed E-state index contributed by atoms with van der Waals surface area (Å²) in [5.41, 5.74) is 0.923. The molecule has 2 aromatic rings. The number of nitrogens with zero attached hydrogens (tertiary/aromatic N) is 1. The van der Waals surface area contributed by atoms with E-state index < -0.39 is 11.7 Å². The van der Waals surface area contributed by atoms with E-state index in [0.717, 1.165) is 4.88 Å². The fourth-order valence-corrected chi connectivity index (χ4v) is 2.99. The number of hydrogen-bond acceptors (Lipinski definition) is 3. The monoisotopic (exact) mass is 277 g/mol. The summed E-state index contributed by atoms with van der Waals surface area (Å²) in [7, 11) is 0. The number of ketones is 1. The van der Waals surface area contributed by atoms with Gasteiger partial charge in [0.05, 0.1) is 22.8 Å². The van der Waals surface area contributed by atoms with Gasteiger partial charge in [0.1, 0.15) is 0 Å². The zero-order valence-corrected chi connectivity index (χ0v) is 10.8. The van der Waals surface area contributed by atoms with Crippen LogP contribution in [0.15, 0.2) is 35.7 Å². The summed E-state index contributed by atoms with van der Waals surface area (Å²) >= 11 is 7.64. The third kappa shape index (κ3) is 1.65. The smallest absolute Gasteiger partial charge is 0.298 e. The van der Waals surface area contributed by atoms with Crippen LogP contribution in [0.2, 0.25) is 5.02 Å². The minimum atomic E-state index is -0.508. The Bertz CT molecular complexity index is 636. The third-order valence-corrected chi connectivity index (χ3v) is 4.00. The first-order valence-corrected chi connectivity index (χ1v) is 6.61. The maximum atomic E-state index is 12.0. The van der Waals surface area contributed by atoms with Gasteiger partial charge in [-0.15, -0.1) is 11.3 Å². The molecule has 18 heavy (non-hydrogen) atoms. The highest BCUT2D eigenvalue weighted by atomic mass is 35.5. The number of benzene rings is 1. The molecule has 5 heteroatoms. The highest BCUT2D eigenvalue weighted by Gasteiger charge is 2.37. The van der Waals surface area contributed by atoms with Crippen LogP contribution in [0.5, 0.6) is 0 Å². The molecule has 1 aromatic heterocycles. The lowest BCUT2D eigenvalue weighted by atomic mass is 10.1. The van der Waals surface area contributed by atoms with Gasteiger partial charge in [0.15, 0.2) is 0 Å². The number of thiophene rings is 1. The Balaban J connectivity index is 2.07. The third-order valence-electron chi connectivity index (χ3n) is 2.83. The molecule has 0 unspecified atom stereocenters. The molecule has 0 aliphatic carbocycles. The van der Waals surface area contributed by atoms with Gasteiger partial charge in [0.25, 0.3) is 11.7 Å². The summed E-state index contributed by atoms with van der Waals surface area (Å²) in [4.78, 5) is 26.3. The molecule has 2 heterocycles. The minimum Gasteiger partial charge on any atom is -0.298 e. The zero-order chi connectivity index (χ0) is 12.7. The van der Waals surface area contributed by atoms with Crippen molar-refractivity contribution in [3.8, 4) is 0 Å². The lowest BCUT2D eigenvalue weighted by molar-refractivity contribution is -0.114. The molecule has 3 nitrogen and oxygen atoms in total. The molecular formula is C13H8ClNO2S. The Morgan fingerprint density at radius 1 is 1.17 bits per heavy atom. The Labute approximate surface area is 113 Å². The van der Waals surface area contributed by atoms with Gasteiger partial charge in [-0.2, -0.15) is 0 Å². The Morgan fingerprint density at radius 3 is 2.72 bits per heavy atom. The van der Waals surface area contributed by atoms with Crippen LogP contribution in [0.3, 0.4) is 0 Å². The fraction of sp³-hybridized carbons (Fsp3) is 0.0769. The largest absolute Gasteiger partial charge is 0.299 e. The SMILES string of the molecule is O=C1C(=O)N(Cc2cccs2)c2c(Cl)cccc21. The van der Waals surface area contributed by atoms with Crippen LogP contribution in [-0.2, 0) is 11.3 Å². The normalized spacial score (nSPS) is 14.2. The predicted octanol–water partition coefficient (Wildman–Crippen LogP) is 3.13. The molecule has 0 bridgehead atoms. The molecule has 1 amide bonds. The van der Waals surface area contributed by atoms with E-state index >= 15 is 0 Å². The number of carbonyl (C=O) groups is 2. The Morgan fingerprint density at radius 2 is 2.00 bits per heavy atom. The second-order valence-corrected chi connectivity index (χ2v) is 5.38. The number of amides is 1. The molecular weight excluding hydrogens is 270 g/mol. The number of rotatable bonds is 2. The van der Waals surface area contributed by atoms with Gasteiger partial charge in [0.2, 0.25) is 0 Å². The summed E-state index contributed by atoms with van der Waals surface area (Å²) in [6.45, 7) is 0.388. The zero-order valence-electron chi connectivity index (χ0n) is 9.22. The van der Waals surface area contributed by atoms with Gasteiger partial charge in [0, 0.05) is 4.88 Å². The number of Topliss-reactive ketones (excluding diaryl/α,β-unsaturated/α-hetero) is 1. The number of carbonyl (C=O) groups excluding carboxylic acids is 2. The Hall–Kier alpha value is -1.65. The van der Waals surface area contributed by atoms with Crippen molar-refractivity contribution in [3.63, 3.8) is 0 Å². The van der Waals surface area contributed by atoms with Crippen molar-refractivity contribution in [3.05, 3.63) is 51.2 Å². The molecule has 90 valence electrons. The second-order valence-electron chi connectivity index (χ2n) is 3.94. The first-order chi connectivity index (χ1) is 8.68. The summed E-state index contributed by atoms with van der Waals surface area (Å²) in [6, 6.07) is 8.84. The van der Waals surface area contributed by atoms with E-state index in [-0.39, 0.29) is 0 Å². The van der Waals surface area contributed by atoms with Gasteiger partial charge >= 0.3 is 0 Å². The molecule has 0 N–H and O–H groups in total. The summed E-state index contributed by atoms with van der Waals surface area (Å²) in [6.07, 6.45) is 0. The number of hydrogen-bond donors (Lipinski definition) is 0. The van der Waals surface area contributed by atoms with Crippen molar-refractivity contribution in [2.45, 2.75) is 6.54 Å². The average molecular weight is 278 g/mol. The van der Waals surface area contributed by atoms with Gasteiger partial charge < -0.3 is 0 Å². The Kier molecular flexibility index (Phi) is 2.69. The minimum absolute atomic E-state index is 0.388. The van der Waals surface area contributed by atoms with E-state index in [2.05, 4.69) is 0 Å². The number of anilines is 1. The van der Waals surface area contributed by atoms with Gasteiger partial charge in [-0.1, -0.05) is 23.7 Å². The first-order valence-electron chi connectivity index (χ1n) is 5.35. The highest BCUT2D eigenvalue weighted by Crippen LogP contribution is 2.36. The summed E-state index contributed by atoms with van der Waals surface area (Å²) in [5.74, 6) is -0.990. The molecule has 0 fully saturated rings. The number of para-hydroxylation sites is 1. The molecule has 1 aromatic carbocycles. The van der Waals surface area contributed by atoms with E-state index in [4.69, 9.17) is 11.6 Å². The van der Waals surface area contributed by atoms with E-state index in [0.29, 0.717) is 22.8 Å². The van der Waals surface area contributed by atoms with Crippen molar-refractivity contribution in [2.24, 2.45) is 0 Å². The van der Waals surface area contributed by atoms with Gasteiger partial charge in [-0.25, -0.2) is 0 Å². The van der Waals surface area contributed by atoms with Crippen molar-refractivity contribution in [1.82, 2.24) is 0 Å². The molecule has 3 rings (SSSR count). The quantitative estimate of drug-likeness (QED) is 0.791. The first kappa shape index (κ1) is 11.4. The molecule has 1 aliphatic heterocycles. The summed E-state index contributed by atoms with van der Waals surface area (Å²) in [5, 5.41) is 2.37. The molecule has 0 saturated heterocycles. The van der Waals surface area contributed by atoms with Crippen LogP contribution in [0.4, 0.5) is 5.69 Å². The summed E-state index contributed by atoms with van der Waals surface area (Å²) < 4.78 is 0. The van der Waals surface area contributed by atoms with Crippen molar-refractivity contribution in [2.75, 3.05) is 4.90 Å². The van der Waals surface area contributed by atoms with Crippen LogP contribution < -0.4 is 4.90 Å². The van der Waals surface area contributed by atoms with Crippen LogP contribution in [-0.4, -0.2) is 11.7 Å². The molecule has 1 aliphatic rings. The van der Waals surface area contributed by atoms with E-state index in [1.807, 2.05) is 17.5 Å². The van der Waals surface area contributed by atoms with Crippen LogP contribution in [0.1, 0.15) is 15.2 Å². The van der Waals surface area contributed by atoms with E-state index in [9.17, 15) is 9.59 Å². The van der Waals surface area contributed by atoms with E-state index in [1.54, 1.807) is 29.5 Å². The van der Waals surface area contributed by atoms with Gasteiger partial charge in [-0.05, 0) is 23.6 Å². The maximum Gasteiger partial charge on any atom is 0.299 e. The topological polar surface area (TPSA) is 37.4 Å². The maximum absolute atomic E-state index is 12.0. The second kappa shape index (κ2) is 4.23. The highest BCUT2D eigenvalue weighted by molar-refractivity contribution is 7.09. The molecule has 0 atom stereocenters. The van der Waals surface area contributed by atoms with Crippen molar-refractivity contribution < 1.29 is 9.59 Å². The molecule has 0 saturated carbocycles. The lowest BCUT2D eigenvalue weighted by Crippen LogP contribution is -2.28. The standard InChI is InChI=1S/C13H8ClNO2S/c14-10-5-1-4-9-11(10)15(13(17)12(9)16)7-8-3-2-6-18-8/h1-6H,7H2. The molecule has 0 spiro atoms. The van der Waals surface area contributed by atoms with Gasteiger partial charge in [-0.3, -0.25) is 14.5 Å². The van der Waals surface area contributed by atoms with Crippen LogP contribution >= 0.6 is 22.9 Å². The molecule has 0 radical (unpaired) electrons. The lowest BCUT2D eigenvalue weighted by Gasteiger charge is -2.16. The van der Waals surface area contributed by atoms with Crippen LogP contribution in [0, 0.1) is 0 Å². The number of fused-ring (bicyclic) bond motifs is 1. The van der Waals surface area contributed by atoms with Crippen molar-refractivity contribution in [1.29, 1.82) is 0 Å². The van der Waals surface area contributed by atoms with E-state index in [1.165, 1.54) is 4.90 Å². The predicted molar refractivity (Wildman–Crippen MR) is 71.3 cm³/mol.